The van der Waals surface area contributed by atoms with Gasteiger partial charge in [-0.3, -0.25) is 0 Å². The van der Waals surface area contributed by atoms with Crippen molar-refractivity contribution in [1.82, 2.24) is 4.98 Å². The molecule has 3 rings (SSSR count). The van der Waals surface area contributed by atoms with E-state index in [1.807, 2.05) is 13.0 Å². The van der Waals surface area contributed by atoms with E-state index >= 15 is 0 Å². The van der Waals surface area contributed by atoms with Crippen LogP contribution in [-0.4, -0.2) is 4.98 Å². The van der Waals surface area contributed by atoms with Crippen molar-refractivity contribution in [2.24, 2.45) is 0 Å². The standard InChI is InChI=1S/C17H15ClN2/c1-12-9-15(11-20-17(12)18)19-10-14-7-4-6-13-5-2-3-8-16(13)14/h2-9,11,19H,10H2,1H3. The molecule has 2 nitrogen and oxygen atoms in total. The van der Waals surface area contributed by atoms with Crippen LogP contribution >= 0.6 is 11.6 Å². The lowest BCUT2D eigenvalue weighted by atomic mass is 10.0. The number of nitrogens with one attached hydrogen (secondary N) is 1. The number of hydrogen-bond donors (Lipinski definition) is 1. The van der Waals surface area contributed by atoms with Crippen LogP contribution in [0.4, 0.5) is 5.69 Å². The molecule has 0 spiro atoms. The maximum atomic E-state index is 5.94. The number of halogens is 1. The fourth-order valence-corrected chi connectivity index (χ4v) is 2.40. The fourth-order valence-electron chi connectivity index (χ4n) is 2.30. The molecule has 0 unspecified atom stereocenters. The molecule has 0 saturated heterocycles. The van der Waals surface area contributed by atoms with Crippen molar-refractivity contribution in [3.8, 4) is 0 Å². The van der Waals surface area contributed by atoms with Crippen LogP contribution < -0.4 is 5.32 Å². The van der Waals surface area contributed by atoms with Gasteiger partial charge in [-0.25, -0.2) is 4.98 Å². The summed E-state index contributed by atoms with van der Waals surface area (Å²) in [7, 11) is 0. The van der Waals surface area contributed by atoms with Crippen LogP contribution in [0.1, 0.15) is 11.1 Å². The average Bonchev–Trinajstić information content (AvgIpc) is 2.48. The van der Waals surface area contributed by atoms with Crippen LogP contribution in [0.3, 0.4) is 0 Å². The molecule has 2 aromatic carbocycles. The minimum Gasteiger partial charge on any atom is -0.380 e. The molecule has 0 aliphatic carbocycles. The molecule has 0 aliphatic rings. The van der Waals surface area contributed by atoms with E-state index in [9.17, 15) is 0 Å². The van der Waals surface area contributed by atoms with Gasteiger partial charge < -0.3 is 5.32 Å². The van der Waals surface area contributed by atoms with E-state index < -0.39 is 0 Å². The highest BCUT2D eigenvalue weighted by Crippen LogP contribution is 2.21. The Bertz CT molecular complexity index is 748. The van der Waals surface area contributed by atoms with Gasteiger partial charge in [0.2, 0.25) is 0 Å². The molecule has 3 heteroatoms. The first-order chi connectivity index (χ1) is 9.74. The van der Waals surface area contributed by atoms with Gasteiger partial charge in [0.25, 0.3) is 0 Å². The van der Waals surface area contributed by atoms with Crippen LogP contribution in [0.15, 0.2) is 54.7 Å². The second-order valence-corrected chi connectivity index (χ2v) is 5.18. The molecule has 0 atom stereocenters. The van der Waals surface area contributed by atoms with Gasteiger partial charge in [0.05, 0.1) is 11.9 Å². The second-order valence-electron chi connectivity index (χ2n) is 4.82. The maximum absolute atomic E-state index is 5.94. The highest BCUT2D eigenvalue weighted by atomic mass is 35.5. The van der Waals surface area contributed by atoms with Crippen LogP contribution in [0.5, 0.6) is 0 Å². The molecular weight excluding hydrogens is 268 g/mol. The number of rotatable bonds is 3. The molecule has 3 aromatic rings. The SMILES string of the molecule is Cc1cc(NCc2cccc3ccccc23)cnc1Cl. The summed E-state index contributed by atoms with van der Waals surface area (Å²) < 4.78 is 0. The van der Waals surface area contributed by atoms with Gasteiger partial charge in [0.1, 0.15) is 5.15 Å². The van der Waals surface area contributed by atoms with Gasteiger partial charge in [-0.15, -0.1) is 0 Å². The highest BCUT2D eigenvalue weighted by Gasteiger charge is 2.02. The normalized spacial score (nSPS) is 10.7. The molecule has 0 radical (unpaired) electrons. The summed E-state index contributed by atoms with van der Waals surface area (Å²) in [6, 6.07) is 16.8. The topological polar surface area (TPSA) is 24.9 Å². The van der Waals surface area contributed by atoms with Crippen LogP contribution in [0.25, 0.3) is 10.8 Å². The molecule has 0 amide bonds. The van der Waals surface area contributed by atoms with Crippen molar-refractivity contribution in [1.29, 1.82) is 0 Å². The van der Waals surface area contributed by atoms with E-state index in [2.05, 4.69) is 52.8 Å². The van der Waals surface area contributed by atoms with E-state index in [1.54, 1.807) is 6.20 Å². The summed E-state index contributed by atoms with van der Waals surface area (Å²) in [5.74, 6) is 0. The Morgan fingerprint density at radius 3 is 2.75 bits per heavy atom. The first kappa shape index (κ1) is 12.9. The van der Waals surface area contributed by atoms with Crippen molar-refractivity contribution in [2.75, 3.05) is 5.32 Å². The summed E-state index contributed by atoms with van der Waals surface area (Å²) in [5, 5.41) is 6.50. The molecule has 1 aromatic heterocycles. The van der Waals surface area contributed by atoms with E-state index in [4.69, 9.17) is 11.6 Å². The molecule has 1 heterocycles. The molecule has 1 N–H and O–H groups in total. The summed E-state index contributed by atoms with van der Waals surface area (Å²) >= 11 is 5.94. The maximum Gasteiger partial charge on any atom is 0.132 e. The van der Waals surface area contributed by atoms with Crippen molar-refractivity contribution in [3.05, 3.63) is 71.0 Å². The van der Waals surface area contributed by atoms with Crippen molar-refractivity contribution in [3.63, 3.8) is 0 Å². The third kappa shape index (κ3) is 2.61. The molecule has 100 valence electrons. The third-order valence-electron chi connectivity index (χ3n) is 3.38. The molecule has 0 saturated carbocycles. The largest absolute Gasteiger partial charge is 0.380 e. The summed E-state index contributed by atoms with van der Waals surface area (Å²) in [5.41, 5.74) is 3.24. The van der Waals surface area contributed by atoms with Crippen LogP contribution in [0, 0.1) is 6.92 Å². The lowest BCUT2D eigenvalue weighted by Gasteiger charge is -2.10. The first-order valence-corrected chi connectivity index (χ1v) is 6.94. The minimum absolute atomic E-state index is 0.556. The van der Waals surface area contributed by atoms with E-state index in [1.165, 1.54) is 16.3 Å². The van der Waals surface area contributed by atoms with Gasteiger partial charge in [0.15, 0.2) is 0 Å². The van der Waals surface area contributed by atoms with Crippen molar-refractivity contribution in [2.45, 2.75) is 13.5 Å². The summed E-state index contributed by atoms with van der Waals surface area (Å²) in [6.07, 6.45) is 1.76. The Balaban J connectivity index is 1.85. The minimum atomic E-state index is 0.556. The number of aromatic nitrogens is 1. The molecule has 20 heavy (non-hydrogen) atoms. The van der Waals surface area contributed by atoms with Gasteiger partial charge >= 0.3 is 0 Å². The number of fused-ring (bicyclic) bond motifs is 1. The van der Waals surface area contributed by atoms with Crippen molar-refractivity contribution < 1.29 is 0 Å². The van der Waals surface area contributed by atoms with Crippen LogP contribution in [0.2, 0.25) is 5.15 Å². The number of pyridine rings is 1. The Morgan fingerprint density at radius 2 is 1.90 bits per heavy atom. The summed E-state index contributed by atoms with van der Waals surface area (Å²) in [4.78, 5) is 4.16. The Hall–Kier alpha value is -2.06. The molecule has 0 fully saturated rings. The van der Waals surface area contributed by atoms with Gasteiger partial charge in [-0.1, -0.05) is 54.1 Å². The predicted molar refractivity (Wildman–Crippen MR) is 85.3 cm³/mol. The smallest absolute Gasteiger partial charge is 0.132 e. The zero-order valence-electron chi connectivity index (χ0n) is 11.2. The first-order valence-electron chi connectivity index (χ1n) is 6.57. The Labute approximate surface area is 123 Å². The van der Waals surface area contributed by atoms with Crippen LogP contribution in [-0.2, 0) is 6.54 Å². The zero-order valence-corrected chi connectivity index (χ0v) is 12.0. The number of aryl methyl sites for hydroxylation is 1. The summed E-state index contributed by atoms with van der Waals surface area (Å²) in [6.45, 7) is 2.72. The average molecular weight is 283 g/mol. The monoisotopic (exact) mass is 282 g/mol. The van der Waals surface area contributed by atoms with Gasteiger partial charge in [-0.05, 0) is 34.9 Å². The zero-order chi connectivity index (χ0) is 13.9. The van der Waals surface area contributed by atoms with Gasteiger partial charge in [0, 0.05) is 6.54 Å². The van der Waals surface area contributed by atoms with E-state index in [0.29, 0.717) is 5.15 Å². The number of nitrogens with zero attached hydrogens (tertiary/aromatic N) is 1. The highest BCUT2D eigenvalue weighted by molar-refractivity contribution is 6.30. The number of benzene rings is 2. The lowest BCUT2D eigenvalue weighted by Crippen LogP contribution is -2.01. The lowest BCUT2D eigenvalue weighted by molar-refractivity contribution is 1.14. The predicted octanol–water partition coefficient (Wildman–Crippen LogP) is 4.81. The van der Waals surface area contributed by atoms with E-state index in [0.717, 1.165) is 17.8 Å². The molecule has 0 aliphatic heterocycles. The van der Waals surface area contributed by atoms with Gasteiger partial charge in [-0.2, -0.15) is 0 Å². The third-order valence-corrected chi connectivity index (χ3v) is 3.77. The Morgan fingerprint density at radius 1 is 1.10 bits per heavy atom. The molecular formula is C17H15ClN2. The number of hydrogen-bond acceptors (Lipinski definition) is 2. The van der Waals surface area contributed by atoms with E-state index in [-0.39, 0.29) is 0 Å². The molecule has 0 bridgehead atoms. The number of anilines is 1. The second kappa shape index (κ2) is 5.51. The van der Waals surface area contributed by atoms with Crippen molar-refractivity contribution >= 4 is 28.1 Å². The Kier molecular flexibility index (Phi) is 3.57. The quantitative estimate of drug-likeness (QED) is 0.698. The fraction of sp³-hybridized carbons (Fsp3) is 0.118.